The fourth-order valence-electron chi connectivity index (χ4n) is 1.47. The molecular weight excluding hydrogens is 328 g/mol. The molecule has 7 heteroatoms. The molecule has 0 saturated heterocycles. The van der Waals surface area contributed by atoms with Crippen molar-refractivity contribution in [2.24, 2.45) is 7.05 Å². The normalized spacial score (nSPS) is 10.1. The number of aryl methyl sites for hydroxylation is 1. The number of aromatic nitrogens is 2. The van der Waals surface area contributed by atoms with E-state index in [2.05, 4.69) is 6.92 Å². The lowest BCUT2D eigenvalue weighted by Crippen LogP contribution is -3.00. The monoisotopic (exact) mass is 350 g/mol. The van der Waals surface area contributed by atoms with Crippen LogP contribution in [0, 0.1) is 0 Å². The van der Waals surface area contributed by atoms with Crippen molar-refractivity contribution in [1.29, 1.82) is 0 Å². The van der Waals surface area contributed by atoms with Crippen LogP contribution in [0.2, 0.25) is 0 Å². The van der Waals surface area contributed by atoms with E-state index in [9.17, 15) is 4.79 Å². The molecule has 1 aromatic heterocycles. The molecule has 0 spiro atoms. The van der Waals surface area contributed by atoms with Crippen LogP contribution in [-0.4, -0.2) is 43.6 Å². The summed E-state index contributed by atoms with van der Waals surface area (Å²) in [6.45, 7) is 4.84. The van der Waals surface area contributed by atoms with Gasteiger partial charge in [0.2, 0.25) is 6.33 Å². The Morgan fingerprint density at radius 3 is 2.40 bits per heavy atom. The van der Waals surface area contributed by atoms with Gasteiger partial charge in [0, 0.05) is 6.61 Å². The average molecular weight is 351 g/mol. The Morgan fingerprint density at radius 2 is 1.80 bits per heavy atom. The molecule has 1 aromatic rings. The number of rotatable bonds is 10. The van der Waals surface area contributed by atoms with Gasteiger partial charge in [-0.15, -0.1) is 0 Å². The van der Waals surface area contributed by atoms with Crippen molar-refractivity contribution < 1.29 is 40.6 Å². The predicted octanol–water partition coefficient (Wildman–Crippen LogP) is -2.70. The van der Waals surface area contributed by atoms with E-state index in [1.54, 1.807) is 4.57 Å². The van der Waals surface area contributed by atoms with Crippen LogP contribution >= 0.6 is 0 Å². The number of hydrogen-bond acceptors (Lipinski definition) is 4. The molecule has 0 N–H and O–H groups in total. The highest BCUT2D eigenvalue weighted by molar-refractivity contribution is 5.67. The summed E-state index contributed by atoms with van der Waals surface area (Å²) in [5, 5.41) is 0. The lowest BCUT2D eigenvalue weighted by atomic mass is 10.5. The van der Waals surface area contributed by atoms with E-state index in [4.69, 9.17) is 14.2 Å². The maximum atomic E-state index is 11.5. The van der Waals surface area contributed by atoms with E-state index in [0.717, 1.165) is 13.0 Å². The van der Waals surface area contributed by atoms with Crippen LogP contribution in [0.25, 0.3) is 0 Å². The van der Waals surface area contributed by atoms with Gasteiger partial charge in [-0.2, -0.15) is 0 Å². The summed E-state index contributed by atoms with van der Waals surface area (Å²) in [6.07, 6.45) is 6.52. The van der Waals surface area contributed by atoms with E-state index in [1.807, 2.05) is 30.3 Å². The lowest BCUT2D eigenvalue weighted by Gasteiger charge is -2.05. The second kappa shape index (κ2) is 11.9. The van der Waals surface area contributed by atoms with Gasteiger partial charge in [0.15, 0.2) is 6.54 Å². The number of ether oxygens (including phenoxy) is 3. The predicted molar refractivity (Wildman–Crippen MR) is 68.5 cm³/mol. The maximum Gasteiger partial charge on any atom is 0.348 e. The zero-order valence-corrected chi connectivity index (χ0v) is 13.7. The average Bonchev–Trinajstić information content (AvgIpc) is 2.78. The van der Waals surface area contributed by atoms with E-state index in [1.165, 1.54) is 0 Å². The van der Waals surface area contributed by atoms with Crippen molar-refractivity contribution in [3.63, 3.8) is 0 Å². The van der Waals surface area contributed by atoms with Crippen LogP contribution in [0.1, 0.15) is 13.3 Å². The quantitative estimate of drug-likeness (QED) is 0.262. The Hall–Kier alpha value is -0.920. The number of halogens is 1. The van der Waals surface area contributed by atoms with Gasteiger partial charge in [-0.3, -0.25) is 0 Å². The van der Waals surface area contributed by atoms with Crippen LogP contribution in [0.15, 0.2) is 18.7 Å². The largest absolute Gasteiger partial charge is 1.00 e. The van der Waals surface area contributed by atoms with Crippen molar-refractivity contribution in [3.8, 4) is 0 Å². The SMILES string of the molecule is CCCOCCOCCOC(=O)C[n+]1ccn(C)c1.[Br-]. The van der Waals surface area contributed by atoms with E-state index >= 15 is 0 Å². The third kappa shape index (κ3) is 9.06. The van der Waals surface area contributed by atoms with E-state index in [-0.39, 0.29) is 36.1 Å². The molecular formula is C13H23BrN2O4. The molecule has 6 nitrogen and oxygen atoms in total. The Balaban J connectivity index is 0.00000361. The zero-order valence-electron chi connectivity index (χ0n) is 12.1. The molecule has 0 fully saturated rings. The molecule has 20 heavy (non-hydrogen) atoms. The topological polar surface area (TPSA) is 53.6 Å². The second-order valence-corrected chi connectivity index (χ2v) is 4.20. The second-order valence-electron chi connectivity index (χ2n) is 4.20. The van der Waals surface area contributed by atoms with Gasteiger partial charge in [0.25, 0.3) is 0 Å². The summed E-state index contributed by atoms with van der Waals surface area (Å²) in [4.78, 5) is 11.5. The molecule has 0 unspecified atom stereocenters. The van der Waals surface area contributed by atoms with Gasteiger partial charge in [-0.05, 0) is 6.42 Å². The van der Waals surface area contributed by atoms with Gasteiger partial charge in [0.1, 0.15) is 19.0 Å². The highest BCUT2D eigenvalue weighted by atomic mass is 79.9. The Labute approximate surface area is 130 Å². The highest BCUT2D eigenvalue weighted by Crippen LogP contribution is 1.85. The summed E-state index contributed by atoms with van der Waals surface area (Å²) >= 11 is 0. The van der Waals surface area contributed by atoms with Crippen molar-refractivity contribution in [2.45, 2.75) is 19.9 Å². The van der Waals surface area contributed by atoms with Crippen molar-refractivity contribution in [2.75, 3.05) is 33.0 Å². The number of carbonyl (C=O) groups excluding carboxylic acids is 1. The number of imidazole rings is 1. The fraction of sp³-hybridized carbons (Fsp3) is 0.692. The minimum atomic E-state index is -0.262. The molecule has 0 aliphatic rings. The van der Waals surface area contributed by atoms with E-state index < -0.39 is 0 Å². The van der Waals surface area contributed by atoms with Crippen LogP contribution < -0.4 is 21.5 Å². The first kappa shape index (κ1) is 19.1. The van der Waals surface area contributed by atoms with Crippen molar-refractivity contribution in [3.05, 3.63) is 18.7 Å². The van der Waals surface area contributed by atoms with E-state index in [0.29, 0.717) is 19.8 Å². The van der Waals surface area contributed by atoms with Gasteiger partial charge >= 0.3 is 5.97 Å². The number of carbonyl (C=O) groups is 1. The Morgan fingerprint density at radius 1 is 1.15 bits per heavy atom. The summed E-state index contributed by atoms with van der Waals surface area (Å²) in [5.74, 6) is -0.262. The maximum absolute atomic E-state index is 11.5. The van der Waals surface area contributed by atoms with Gasteiger partial charge < -0.3 is 31.2 Å². The molecule has 0 saturated carbocycles. The minimum Gasteiger partial charge on any atom is -1.00 e. The third-order valence-electron chi connectivity index (χ3n) is 2.35. The van der Waals surface area contributed by atoms with Crippen LogP contribution in [0.4, 0.5) is 0 Å². The molecule has 0 bridgehead atoms. The number of nitrogens with zero attached hydrogens (tertiary/aromatic N) is 2. The van der Waals surface area contributed by atoms with Gasteiger partial charge in [0.05, 0.1) is 26.9 Å². The van der Waals surface area contributed by atoms with Gasteiger partial charge in [-0.25, -0.2) is 13.9 Å². The van der Waals surface area contributed by atoms with Crippen LogP contribution in [0.5, 0.6) is 0 Å². The number of esters is 1. The van der Waals surface area contributed by atoms with Crippen molar-refractivity contribution >= 4 is 5.97 Å². The standard InChI is InChI=1S/C13H23N2O4.BrH/c1-3-6-17-7-8-18-9-10-19-13(16)11-15-5-4-14(2)12-15;/h4-5,12H,3,6-11H2,1-2H3;1H/q+1;/p-1. The Bertz CT molecular complexity index is 371. The first-order chi connectivity index (χ1) is 9.22. The fourth-order valence-corrected chi connectivity index (χ4v) is 1.47. The lowest BCUT2D eigenvalue weighted by molar-refractivity contribution is -0.685. The summed E-state index contributed by atoms with van der Waals surface area (Å²) in [5.41, 5.74) is 0. The minimum absolute atomic E-state index is 0. The smallest absolute Gasteiger partial charge is 0.348 e. The van der Waals surface area contributed by atoms with Crippen molar-refractivity contribution in [1.82, 2.24) is 4.57 Å². The molecule has 0 atom stereocenters. The molecule has 1 heterocycles. The highest BCUT2D eigenvalue weighted by Gasteiger charge is 2.08. The summed E-state index contributed by atoms with van der Waals surface area (Å²) < 4.78 is 19.2. The van der Waals surface area contributed by atoms with Crippen LogP contribution in [0.3, 0.4) is 0 Å². The summed E-state index contributed by atoms with van der Waals surface area (Å²) in [7, 11) is 1.90. The number of hydrogen-bond donors (Lipinski definition) is 0. The first-order valence-electron chi connectivity index (χ1n) is 6.54. The first-order valence-corrected chi connectivity index (χ1v) is 6.54. The summed E-state index contributed by atoms with van der Waals surface area (Å²) in [6, 6.07) is 0. The zero-order chi connectivity index (χ0) is 13.9. The molecule has 0 amide bonds. The molecule has 1 rings (SSSR count). The van der Waals surface area contributed by atoms with Gasteiger partial charge in [-0.1, -0.05) is 6.92 Å². The Kier molecular flexibility index (Phi) is 11.3. The molecule has 116 valence electrons. The molecule has 0 aliphatic carbocycles. The molecule has 0 aliphatic heterocycles. The van der Waals surface area contributed by atoms with Crippen LogP contribution in [-0.2, 0) is 32.6 Å². The molecule has 0 aromatic carbocycles. The molecule has 0 radical (unpaired) electrons. The third-order valence-corrected chi connectivity index (χ3v) is 2.35.